The average molecular weight is 246 g/mol. The molecule has 0 aliphatic heterocycles. The smallest absolute Gasteiger partial charge is 0.311 e. The predicted octanol–water partition coefficient (Wildman–Crippen LogP) is -1.13. The van der Waals surface area contributed by atoms with Gasteiger partial charge in [0, 0.05) is 6.42 Å². The molecule has 0 aromatic rings. The highest BCUT2D eigenvalue weighted by Gasteiger charge is 2.53. The summed E-state index contributed by atoms with van der Waals surface area (Å²) in [6.45, 7) is 0.0704. The highest BCUT2D eigenvalue weighted by atomic mass is 16.6. The Bertz CT molecular complexity index is 338. The lowest BCUT2D eigenvalue weighted by Crippen LogP contribution is -2.37. The second kappa shape index (κ2) is 5.28. The van der Waals surface area contributed by atoms with Gasteiger partial charge in [0.25, 0.3) is 12.9 Å². The maximum Gasteiger partial charge on any atom is 0.311 e. The summed E-state index contributed by atoms with van der Waals surface area (Å²) in [7, 11) is 0. The molecule has 1 rings (SSSR count). The predicted molar refractivity (Wildman–Crippen MR) is 48.7 cm³/mol. The van der Waals surface area contributed by atoms with Gasteiger partial charge in [-0.15, -0.1) is 0 Å². The van der Waals surface area contributed by atoms with Crippen LogP contribution in [0.3, 0.4) is 0 Å². The summed E-state index contributed by atoms with van der Waals surface area (Å²) in [6, 6.07) is 0. The fourth-order valence-corrected chi connectivity index (χ4v) is 2.00. The van der Waals surface area contributed by atoms with E-state index in [4.69, 9.17) is 10.2 Å². The Hall–Kier alpha value is -2.12. The van der Waals surface area contributed by atoms with Gasteiger partial charge in [0.2, 0.25) is 0 Å². The van der Waals surface area contributed by atoms with Gasteiger partial charge in [0.1, 0.15) is 12.0 Å². The van der Waals surface area contributed by atoms with E-state index in [1.807, 2.05) is 0 Å². The number of carbonyl (C=O) groups is 4. The van der Waals surface area contributed by atoms with Crippen LogP contribution >= 0.6 is 0 Å². The van der Waals surface area contributed by atoms with Crippen molar-refractivity contribution in [2.75, 3.05) is 0 Å². The van der Waals surface area contributed by atoms with E-state index in [2.05, 4.69) is 9.47 Å². The van der Waals surface area contributed by atoms with E-state index in [1.54, 1.807) is 0 Å². The van der Waals surface area contributed by atoms with Crippen molar-refractivity contribution in [3.63, 3.8) is 0 Å². The molecule has 0 amide bonds. The first-order valence-electron chi connectivity index (χ1n) is 4.66. The number of carbonyl (C=O) groups excluding carboxylic acids is 2. The number of hydrogen-bond donors (Lipinski definition) is 2. The monoisotopic (exact) mass is 246 g/mol. The number of carboxylic acid groups (broad SMARTS) is 2. The van der Waals surface area contributed by atoms with Crippen molar-refractivity contribution in [3.05, 3.63) is 0 Å². The number of rotatable bonds is 6. The zero-order valence-corrected chi connectivity index (χ0v) is 8.52. The van der Waals surface area contributed by atoms with E-state index >= 15 is 0 Å². The van der Waals surface area contributed by atoms with Crippen LogP contribution < -0.4 is 0 Å². The summed E-state index contributed by atoms with van der Waals surface area (Å²) in [5.41, 5.74) is 0. The van der Waals surface area contributed by atoms with E-state index in [0.29, 0.717) is 0 Å². The third-order valence-electron chi connectivity index (χ3n) is 2.69. The molecule has 0 heterocycles. The zero-order valence-electron chi connectivity index (χ0n) is 8.52. The lowest BCUT2D eigenvalue weighted by molar-refractivity contribution is -0.162. The summed E-state index contributed by atoms with van der Waals surface area (Å²) in [5.74, 6) is -5.44. The van der Waals surface area contributed by atoms with Crippen LogP contribution in [0.5, 0.6) is 0 Å². The normalized spacial score (nSPS) is 31.5. The van der Waals surface area contributed by atoms with Gasteiger partial charge in [-0.2, -0.15) is 0 Å². The SMILES string of the molecule is O=COC1CC(C(=O)O)C(C(=O)O)C1OC=O. The first-order valence-corrected chi connectivity index (χ1v) is 4.66. The van der Waals surface area contributed by atoms with Gasteiger partial charge in [-0.1, -0.05) is 0 Å². The third kappa shape index (κ3) is 2.52. The molecule has 1 saturated carbocycles. The molecule has 1 aliphatic rings. The Morgan fingerprint density at radius 2 is 1.65 bits per heavy atom. The van der Waals surface area contributed by atoms with Crippen molar-refractivity contribution in [1.82, 2.24) is 0 Å². The van der Waals surface area contributed by atoms with Crippen molar-refractivity contribution in [2.24, 2.45) is 11.8 Å². The van der Waals surface area contributed by atoms with Crippen LogP contribution in [0.15, 0.2) is 0 Å². The van der Waals surface area contributed by atoms with Gasteiger partial charge >= 0.3 is 11.9 Å². The average Bonchev–Trinajstić information content (AvgIpc) is 2.59. The second-order valence-electron chi connectivity index (χ2n) is 3.51. The summed E-state index contributed by atoms with van der Waals surface area (Å²) in [6.07, 6.45) is -2.54. The fourth-order valence-electron chi connectivity index (χ4n) is 2.00. The third-order valence-corrected chi connectivity index (χ3v) is 2.69. The molecule has 0 radical (unpaired) electrons. The standard InChI is InChI=1S/C9H10O8/c10-2-16-5-1-4(8(12)13)6(9(14)15)7(5)17-3-11/h2-7H,1H2,(H,12,13)(H,14,15). The fraction of sp³-hybridized carbons (Fsp3) is 0.556. The Morgan fingerprint density at radius 3 is 2.06 bits per heavy atom. The van der Waals surface area contributed by atoms with Gasteiger partial charge in [-0.25, -0.2) is 0 Å². The number of aliphatic carboxylic acids is 2. The largest absolute Gasteiger partial charge is 0.481 e. The molecule has 1 fully saturated rings. The molecule has 0 bridgehead atoms. The van der Waals surface area contributed by atoms with Crippen LogP contribution in [0.4, 0.5) is 0 Å². The van der Waals surface area contributed by atoms with E-state index in [9.17, 15) is 19.2 Å². The summed E-state index contributed by atoms with van der Waals surface area (Å²) in [4.78, 5) is 42.3. The lowest BCUT2D eigenvalue weighted by Gasteiger charge is -2.19. The maximum atomic E-state index is 10.9. The minimum absolute atomic E-state index is 0.00595. The van der Waals surface area contributed by atoms with Crippen molar-refractivity contribution < 1.29 is 38.9 Å². The van der Waals surface area contributed by atoms with E-state index in [1.165, 1.54) is 0 Å². The maximum absolute atomic E-state index is 10.9. The van der Waals surface area contributed by atoms with Crippen molar-refractivity contribution in [2.45, 2.75) is 18.6 Å². The molecule has 17 heavy (non-hydrogen) atoms. The second-order valence-corrected chi connectivity index (χ2v) is 3.51. The molecular weight excluding hydrogens is 236 g/mol. The van der Waals surface area contributed by atoms with Crippen LogP contribution in [0.1, 0.15) is 6.42 Å². The van der Waals surface area contributed by atoms with Gasteiger partial charge in [0.15, 0.2) is 6.10 Å². The summed E-state index contributed by atoms with van der Waals surface area (Å²) < 4.78 is 9.05. The molecule has 2 N–H and O–H groups in total. The van der Waals surface area contributed by atoms with Crippen molar-refractivity contribution in [1.29, 1.82) is 0 Å². The molecule has 4 atom stereocenters. The Morgan fingerprint density at radius 1 is 1.06 bits per heavy atom. The Kier molecular flexibility index (Phi) is 4.02. The topological polar surface area (TPSA) is 127 Å². The van der Waals surface area contributed by atoms with Crippen LogP contribution in [0.25, 0.3) is 0 Å². The highest BCUT2D eigenvalue weighted by molar-refractivity contribution is 5.81. The molecule has 0 spiro atoms. The molecule has 4 unspecified atom stereocenters. The molecule has 94 valence electrons. The molecule has 0 saturated heterocycles. The zero-order chi connectivity index (χ0) is 13.0. The Balaban J connectivity index is 2.98. The van der Waals surface area contributed by atoms with Gasteiger partial charge in [0.05, 0.1) is 5.92 Å². The molecule has 0 aromatic carbocycles. The Labute approximate surface area is 95.1 Å². The number of hydrogen-bond acceptors (Lipinski definition) is 6. The van der Waals surface area contributed by atoms with Crippen LogP contribution in [-0.2, 0) is 28.7 Å². The van der Waals surface area contributed by atoms with Gasteiger partial charge in [-0.05, 0) is 0 Å². The van der Waals surface area contributed by atoms with Crippen LogP contribution in [0.2, 0.25) is 0 Å². The van der Waals surface area contributed by atoms with Crippen LogP contribution in [-0.4, -0.2) is 47.3 Å². The summed E-state index contributed by atoms with van der Waals surface area (Å²) >= 11 is 0. The molecule has 8 nitrogen and oxygen atoms in total. The van der Waals surface area contributed by atoms with E-state index < -0.39 is 36.0 Å². The van der Waals surface area contributed by atoms with Crippen LogP contribution in [0, 0.1) is 11.8 Å². The number of ether oxygens (including phenoxy) is 2. The van der Waals surface area contributed by atoms with Gasteiger partial charge in [-0.3, -0.25) is 19.2 Å². The number of carboxylic acids is 2. The minimum Gasteiger partial charge on any atom is -0.481 e. The molecular formula is C9H10O8. The highest BCUT2D eigenvalue weighted by Crippen LogP contribution is 2.36. The minimum atomic E-state index is -1.43. The first-order chi connectivity index (χ1) is 8.02. The van der Waals surface area contributed by atoms with Crippen molar-refractivity contribution in [3.8, 4) is 0 Å². The lowest BCUT2D eigenvalue weighted by atomic mass is 9.95. The van der Waals surface area contributed by atoms with E-state index in [0.717, 1.165) is 0 Å². The molecule has 0 aromatic heterocycles. The van der Waals surface area contributed by atoms with Crippen molar-refractivity contribution >= 4 is 24.9 Å². The summed E-state index contributed by atoms with van der Waals surface area (Å²) in [5, 5.41) is 17.8. The van der Waals surface area contributed by atoms with E-state index in [-0.39, 0.29) is 19.4 Å². The molecule has 8 heteroatoms. The first kappa shape index (κ1) is 12.9. The van der Waals surface area contributed by atoms with Gasteiger partial charge < -0.3 is 19.7 Å². The quantitative estimate of drug-likeness (QED) is 0.564. The molecule has 1 aliphatic carbocycles.